The third kappa shape index (κ3) is 2.29. The number of para-hydroxylation sites is 1. The average Bonchev–Trinajstić information content (AvgIpc) is 2.86. The lowest BCUT2D eigenvalue weighted by molar-refractivity contribution is 0.137. The fourth-order valence-electron chi connectivity index (χ4n) is 2.66. The number of hydrogen-bond acceptors (Lipinski definition) is 2. The van der Waals surface area contributed by atoms with Gasteiger partial charge in [0, 0.05) is 27.1 Å². The van der Waals surface area contributed by atoms with Crippen LogP contribution in [-0.2, 0) is 0 Å². The second-order valence-corrected chi connectivity index (χ2v) is 4.82. The molecule has 0 radical (unpaired) electrons. The van der Waals surface area contributed by atoms with Crippen molar-refractivity contribution in [1.29, 1.82) is 0 Å². The molecule has 0 aliphatic heterocycles. The van der Waals surface area contributed by atoms with Gasteiger partial charge < -0.3 is 20.3 Å². The number of rotatable bonds is 0. The van der Waals surface area contributed by atoms with Crippen molar-refractivity contribution in [2.75, 3.05) is 0 Å². The van der Waals surface area contributed by atoms with E-state index in [1.54, 1.807) is 0 Å². The zero-order valence-electron chi connectivity index (χ0n) is 11.4. The molecule has 5 nitrogen and oxygen atoms in total. The molecule has 0 atom stereocenters. The van der Waals surface area contributed by atoms with Gasteiger partial charge in [-0.3, -0.25) is 0 Å². The molecule has 4 N–H and O–H groups in total. The summed E-state index contributed by atoms with van der Waals surface area (Å²) in [5.41, 5.74) is 2.19. The summed E-state index contributed by atoms with van der Waals surface area (Å²) in [6.45, 7) is 0. The van der Waals surface area contributed by atoms with Crippen LogP contribution < -0.4 is 0 Å². The van der Waals surface area contributed by atoms with Crippen LogP contribution in [-0.4, -0.2) is 26.5 Å². The van der Waals surface area contributed by atoms with Crippen LogP contribution in [0.3, 0.4) is 0 Å². The number of aromatic hydroxyl groups is 1. The van der Waals surface area contributed by atoms with E-state index in [2.05, 4.69) is 17.1 Å². The lowest BCUT2D eigenvalue weighted by Gasteiger charge is -2.02. The summed E-state index contributed by atoms with van der Waals surface area (Å²) in [6, 6.07) is 17.9. The van der Waals surface area contributed by atoms with E-state index < -0.39 is 6.16 Å². The van der Waals surface area contributed by atoms with Crippen LogP contribution in [0.15, 0.2) is 54.6 Å². The van der Waals surface area contributed by atoms with Crippen molar-refractivity contribution < 1.29 is 20.1 Å². The Morgan fingerprint density at radius 3 is 2.05 bits per heavy atom. The molecule has 0 amide bonds. The zero-order valence-corrected chi connectivity index (χ0v) is 11.4. The standard InChI is InChI=1S/C16H11NO.CH2O3/c18-15-9-13-10-5-3-4-8-14(10)17-16(13)12-7-2-1-6-11(12)15;2-1(3)4/h1-9,17-18H;(H2,2,3,4). The highest BCUT2D eigenvalue weighted by Gasteiger charge is 2.09. The van der Waals surface area contributed by atoms with Crippen molar-refractivity contribution in [3.05, 3.63) is 54.6 Å². The topological polar surface area (TPSA) is 93.6 Å². The van der Waals surface area contributed by atoms with Crippen molar-refractivity contribution >= 4 is 38.7 Å². The number of benzene rings is 3. The molecule has 5 heteroatoms. The summed E-state index contributed by atoms with van der Waals surface area (Å²) in [4.78, 5) is 12.0. The quantitative estimate of drug-likeness (QED) is 0.387. The molecule has 22 heavy (non-hydrogen) atoms. The molecule has 0 spiro atoms. The van der Waals surface area contributed by atoms with Crippen molar-refractivity contribution in [2.24, 2.45) is 0 Å². The van der Waals surface area contributed by atoms with Gasteiger partial charge in [0.1, 0.15) is 5.75 Å². The number of aromatic nitrogens is 1. The monoisotopic (exact) mass is 295 g/mol. The number of nitrogens with one attached hydrogen (secondary N) is 1. The summed E-state index contributed by atoms with van der Waals surface area (Å²) in [7, 11) is 0. The number of H-pyrrole nitrogens is 1. The van der Waals surface area contributed by atoms with E-state index in [1.165, 1.54) is 0 Å². The van der Waals surface area contributed by atoms with Crippen molar-refractivity contribution in [1.82, 2.24) is 4.98 Å². The predicted molar refractivity (Wildman–Crippen MR) is 85.6 cm³/mol. The molecule has 1 aromatic heterocycles. The minimum absolute atomic E-state index is 0.336. The highest BCUT2D eigenvalue weighted by molar-refractivity contribution is 6.18. The minimum Gasteiger partial charge on any atom is -0.507 e. The number of carbonyl (C=O) groups is 1. The van der Waals surface area contributed by atoms with E-state index in [0.29, 0.717) is 5.75 Å². The van der Waals surface area contributed by atoms with Gasteiger partial charge in [0.2, 0.25) is 0 Å². The number of phenolic OH excluding ortho intramolecular Hbond substituents is 1. The van der Waals surface area contributed by atoms with E-state index in [-0.39, 0.29) is 0 Å². The Kier molecular flexibility index (Phi) is 3.31. The number of fused-ring (bicyclic) bond motifs is 5. The molecule has 0 aliphatic rings. The maximum absolute atomic E-state index is 10.1. The van der Waals surface area contributed by atoms with Gasteiger partial charge in [0.25, 0.3) is 0 Å². The summed E-state index contributed by atoms with van der Waals surface area (Å²) >= 11 is 0. The fourth-order valence-corrected chi connectivity index (χ4v) is 2.66. The van der Waals surface area contributed by atoms with Gasteiger partial charge in [0.15, 0.2) is 0 Å². The molecule has 0 saturated heterocycles. The Morgan fingerprint density at radius 2 is 1.36 bits per heavy atom. The summed E-state index contributed by atoms with van der Waals surface area (Å²) in [5.74, 6) is 0.336. The minimum atomic E-state index is -1.83. The first-order valence-corrected chi connectivity index (χ1v) is 6.61. The molecule has 0 aliphatic carbocycles. The van der Waals surface area contributed by atoms with Crippen LogP contribution in [0, 0.1) is 0 Å². The molecular formula is C17H13NO4. The summed E-state index contributed by atoms with van der Waals surface area (Å²) < 4.78 is 0. The van der Waals surface area contributed by atoms with Gasteiger partial charge >= 0.3 is 6.16 Å². The maximum atomic E-state index is 10.1. The first kappa shape index (κ1) is 13.8. The van der Waals surface area contributed by atoms with Gasteiger partial charge in [-0.05, 0) is 12.1 Å². The molecule has 0 unspecified atom stereocenters. The van der Waals surface area contributed by atoms with Gasteiger partial charge in [-0.2, -0.15) is 0 Å². The predicted octanol–water partition coefficient (Wildman–Crippen LogP) is 4.40. The molecular weight excluding hydrogens is 282 g/mol. The van der Waals surface area contributed by atoms with E-state index in [9.17, 15) is 5.11 Å². The van der Waals surface area contributed by atoms with Crippen LogP contribution >= 0.6 is 0 Å². The van der Waals surface area contributed by atoms with E-state index in [4.69, 9.17) is 15.0 Å². The summed E-state index contributed by atoms with van der Waals surface area (Å²) in [6.07, 6.45) is -1.83. The summed E-state index contributed by atoms with van der Waals surface area (Å²) in [5, 5.41) is 28.2. The van der Waals surface area contributed by atoms with E-state index in [0.717, 1.165) is 32.6 Å². The lowest BCUT2D eigenvalue weighted by Crippen LogP contribution is -1.81. The normalized spacial score (nSPS) is 10.5. The van der Waals surface area contributed by atoms with Crippen LogP contribution in [0.25, 0.3) is 32.6 Å². The maximum Gasteiger partial charge on any atom is 0.503 e. The van der Waals surface area contributed by atoms with Gasteiger partial charge in [-0.1, -0.05) is 42.5 Å². The SMILES string of the molecule is O=C(O)O.Oc1cc2c3ccccc3[nH]c2c2ccccc12. The second-order valence-electron chi connectivity index (χ2n) is 4.82. The zero-order chi connectivity index (χ0) is 15.7. The fraction of sp³-hybridized carbons (Fsp3) is 0. The van der Waals surface area contributed by atoms with Crippen molar-refractivity contribution in [2.45, 2.75) is 0 Å². The number of aromatic amines is 1. The van der Waals surface area contributed by atoms with Crippen LogP contribution in [0.1, 0.15) is 0 Å². The van der Waals surface area contributed by atoms with Crippen LogP contribution in [0.2, 0.25) is 0 Å². The van der Waals surface area contributed by atoms with Gasteiger partial charge in [-0.25, -0.2) is 4.79 Å². The van der Waals surface area contributed by atoms with Crippen molar-refractivity contribution in [3.63, 3.8) is 0 Å². The smallest absolute Gasteiger partial charge is 0.503 e. The first-order valence-electron chi connectivity index (χ1n) is 6.61. The molecule has 4 rings (SSSR count). The number of hydrogen-bond donors (Lipinski definition) is 4. The molecule has 4 aromatic rings. The van der Waals surface area contributed by atoms with Crippen molar-refractivity contribution in [3.8, 4) is 5.75 Å². The Morgan fingerprint density at radius 1 is 0.818 bits per heavy atom. The third-order valence-electron chi connectivity index (χ3n) is 3.50. The van der Waals surface area contributed by atoms with Crippen LogP contribution in [0.4, 0.5) is 4.79 Å². The van der Waals surface area contributed by atoms with Gasteiger partial charge in [0.05, 0.1) is 5.52 Å². The molecule has 110 valence electrons. The second kappa shape index (κ2) is 5.29. The van der Waals surface area contributed by atoms with E-state index in [1.807, 2.05) is 42.5 Å². The highest BCUT2D eigenvalue weighted by atomic mass is 16.6. The Hall–Kier alpha value is -3.21. The Labute approximate surface area is 125 Å². The average molecular weight is 295 g/mol. The number of carboxylic acid groups (broad SMARTS) is 2. The number of phenols is 1. The third-order valence-corrected chi connectivity index (χ3v) is 3.50. The molecule has 0 fully saturated rings. The Balaban J connectivity index is 0.000000325. The highest BCUT2D eigenvalue weighted by Crippen LogP contribution is 2.36. The molecule has 0 bridgehead atoms. The molecule has 3 aromatic carbocycles. The Bertz CT molecular complexity index is 984. The lowest BCUT2D eigenvalue weighted by atomic mass is 10.0. The molecule has 0 saturated carbocycles. The molecule has 1 heterocycles. The van der Waals surface area contributed by atoms with E-state index >= 15 is 0 Å². The largest absolute Gasteiger partial charge is 0.507 e. The van der Waals surface area contributed by atoms with Gasteiger partial charge in [-0.15, -0.1) is 0 Å². The first-order chi connectivity index (χ1) is 10.6. The van der Waals surface area contributed by atoms with Crippen LogP contribution in [0.5, 0.6) is 5.75 Å².